The second kappa shape index (κ2) is 5.27. The predicted octanol–water partition coefficient (Wildman–Crippen LogP) is 0.286. The topological polar surface area (TPSA) is 75.4 Å². The van der Waals surface area contributed by atoms with Crippen LogP contribution in [0.15, 0.2) is 24.3 Å². The molecule has 16 heavy (non-hydrogen) atoms. The number of amides is 2. The zero-order valence-corrected chi connectivity index (χ0v) is 9.36. The SMILES string of the molecule is CN(C)C(=O)c1ccccc1NC(=O)CN. The van der Waals surface area contributed by atoms with Crippen LogP contribution in [0.1, 0.15) is 10.4 Å². The highest BCUT2D eigenvalue weighted by atomic mass is 16.2. The first-order valence-corrected chi connectivity index (χ1v) is 4.87. The molecule has 5 heteroatoms. The maximum atomic E-state index is 11.8. The van der Waals surface area contributed by atoms with Gasteiger partial charge < -0.3 is 16.0 Å². The molecule has 0 bridgehead atoms. The molecular formula is C11H15N3O2. The highest BCUT2D eigenvalue weighted by Gasteiger charge is 2.13. The Labute approximate surface area is 94.2 Å². The Balaban J connectivity index is 3.00. The Kier molecular flexibility index (Phi) is 4.02. The lowest BCUT2D eigenvalue weighted by molar-refractivity contribution is -0.114. The highest BCUT2D eigenvalue weighted by molar-refractivity contribution is 6.03. The van der Waals surface area contributed by atoms with Crippen molar-refractivity contribution in [3.8, 4) is 0 Å². The Morgan fingerprint density at radius 2 is 1.94 bits per heavy atom. The molecule has 0 saturated heterocycles. The van der Waals surface area contributed by atoms with E-state index < -0.39 is 0 Å². The van der Waals surface area contributed by atoms with Gasteiger partial charge in [-0.25, -0.2) is 0 Å². The quantitative estimate of drug-likeness (QED) is 0.770. The predicted molar refractivity (Wildman–Crippen MR) is 62.1 cm³/mol. The van der Waals surface area contributed by atoms with Crippen molar-refractivity contribution in [3.05, 3.63) is 29.8 Å². The van der Waals surface area contributed by atoms with E-state index in [0.29, 0.717) is 11.3 Å². The second-order valence-corrected chi connectivity index (χ2v) is 3.50. The van der Waals surface area contributed by atoms with Crippen LogP contribution in [0.3, 0.4) is 0 Å². The van der Waals surface area contributed by atoms with E-state index in [1.165, 1.54) is 4.90 Å². The average molecular weight is 221 g/mol. The number of nitrogens with zero attached hydrogens (tertiary/aromatic N) is 1. The van der Waals surface area contributed by atoms with Gasteiger partial charge in [-0.15, -0.1) is 0 Å². The third-order valence-corrected chi connectivity index (χ3v) is 2.02. The molecular weight excluding hydrogens is 206 g/mol. The molecule has 5 nitrogen and oxygen atoms in total. The Morgan fingerprint density at radius 3 is 2.50 bits per heavy atom. The lowest BCUT2D eigenvalue weighted by Gasteiger charge is -2.14. The average Bonchev–Trinajstić information content (AvgIpc) is 2.28. The van der Waals surface area contributed by atoms with Crippen LogP contribution in [0.2, 0.25) is 0 Å². The molecule has 0 spiro atoms. The van der Waals surface area contributed by atoms with Crippen LogP contribution in [0, 0.1) is 0 Å². The molecule has 86 valence electrons. The molecule has 0 atom stereocenters. The molecule has 0 heterocycles. The summed E-state index contributed by atoms with van der Waals surface area (Å²) < 4.78 is 0. The number of rotatable bonds is 3. The molecule has 0 aliphatic heterocycles. The van der Waals surface area contributed by atoms with Crippen LogP contribution in [0.5, 0.6) is 0 Å². The van der Waals surface area contributed by atoms with Crippen LogP contribution >= 0.6 is 0 Å². The molecule has 0 radical (unpaired) electrons. The van der Waals surface area contributed by atoms with Crippen molar-refractivity contribution in [3.63, 3.8) is 0 Å². The van der Waals surface area contributed by atoms with Crippen molar-refractivity contribution in [1.82, 2.24) is 4.90 Å². The molecule has 1 rings (SSSR count). The molecule has 1 aromatic carbocycles. The van der Waals surface area contributed by atoms with Crippen molar-refractivity contribution in [2.24, 2.45) is 5.73 Å². The molecule has 0 fully saturated rings. The molecule has 3 N–H and O–H groups in total. The summed E-state index contributed by atoms with van der Waals surface area (Å²) in [6.45, 7) is -0.107. The van der Waals surface area contributed by atoms with Crippen molar-refractivity contribution in [1.29, 1.82) is 0 Å². The fraction of sp³-hybridized carbons (Fsp3) is 0.273. The first kappa shape index (κ1) is 12.2. The third kappa shape index (κ3) is 2.80. The fourth-order valence-electron chi connectivity index (χ4n) is 1.22. The molecule has 0 aliphatic rings. The number of hydrogen-bond acceptors (Lipinski definition) is 3. The number of anilines is 1. The largest absolute Gasteiger partial charge is 0.345 e. The van der Waals surface area contributed by atoms with Gasteiger partial charge in [0.05, 0.1) is 17.8 Å². The molecule has 0 aliphatic carbocycles. The molecule has 1 aromatic rings. The van der Waals surface area contributed by atoms with E-state index >= 15 is 0 Å². The minimum Gasteiger partial charge on any atom is -0.345 e. The third-order valence-electron chi connectivity index (χ3n) is 2.02. The van der Waals surface area contributed by atoms with Crippen molar-refractivity contribution in [2.45, 2.75) is 0 Å². The summed E-state index contributed by atoms with van der Waals surface area (Å²) >= 11 is 0. The minimum atomic E-state index is -0.320. The van der Waals surface area contributed by atoms with E-state index in [1.807, 2.05) is 0 Å². The van der Waals surface area contributed by atoms with Gasteiger partial charge in [-0.1, -0.05) is 12.1 Å². The van der Waals surface area contributed by atoms with Crippen LogP contribution < -0.4 is 11.1 Å². The normalized spacial score (nSPS) is 9.69. The molecule has 0 saturated carbocycles. The summed E-state index contributed by atoms with van der Waals surface area (Å²) in [7, 11) is 3.31. The minimum absolute atomic E-state index is 0.107. The van der Waals surface area contributed by atoms with Gasteiger partial charge >= 0.3 is 0 Å². The highest BCUT2D eigenvalue weighted by Crippen LogP contribution is 2.16. The maximum Gasteiger partial charge on any atom is 0.255 e. The van der Waals surface area contributed by atoms with Crippen LogP contribution in [0.4, 0.5) is 5.69 Å². The summed E-state index contributed by atoms with van der Waals surface area (Å²) in [5.41, 5.74) is 6.13. The van der Waals surface area contributed by atoms with Gasteiger partial charge in [0.1, 0.15) is 0 Å². The van der Waals surface area contributed by atoms with Gasteiger partial charge in [0.25, 0.3) is 5.91 Å². The smallest absolute Gasteiger partial charge is 0.255 e. The number of nitrogens with two attached hydrogens (primary N) is 1. The summed E-state index contributed by atoms with van der Waals surface area (Å²) in [5, 5.41) is 2.58. The van der Waals surface area contributed by atoms with Crippen LogP contribution in [-0.2, 0) is 4.79 Å². The van der Waals surface area contributed by atoms with Crippen LogP contribution in [0.25, 0.3) is 0 Å². The van der Waals surface area contributed by atoms with E-state index in [9.17, 15) is 9.59 Å². The number of carbonyl (C=O) groups excluding carboxylic acids is 2. The number of nitrogens with one attached hydrogen (secondary N) is 1. The van der Waals surface area contributed by atoms with Crippen molar-refractivity contribution in [2.75, 3.05) is 26.0 Å². The molecule has 0 unspecified atom stereocenters. The van der Waals surface area contributed by atoms with Crippen LogP contribution in [-0.4, -0.2) is 37.4 Å². The second-order valence-electron chi connectivity index (χ2n) is 3.50. The summed E-state index contributed by atoms with van der Waals surface area (Å²) in [6.07, 6.45) is 0. The van der Waals surface area contributed by atoms with Crippen molar-refractivity contribution < 1.29 is 9.59 Å². The standard InChI is InChI=1S/C11H15N3O2/c1-14(2)11(16)8-5-3-4-6-9(8)13-10(15)7-12/h3-6H,7,12H2,1-2H3,(H,13,15). The van der Waals surface area contributed by atoms with Gasteiger partial charge in [0, 0.05) is 14.1 Å². The van der Waals surface area contributed by atoms with Gasteiger partial charge in [-0.2, -0.15) is 0 Å². The Bertz CT molecular complexity index is 402. The fourth-order valence-corrected chi connectivity index (χ4v) is 1.22. The molecule has 0 aromatic heterocycles. The van der Waals surface area contributed by atoms with Gasteiger partial charge in [0.2, 0.25) is 5.91 Å². The van der Waals surface area contributed by atoms with E-state index in [4.69, 9.17) is 5.73 Å². The van der Waals surface area contributed by atoms with Gasteiger partial charge in [-0.3, -0.25) is 9.59 Å². The maximum absolute atomic E-state index is 11.8. The zero-order chi connectivity index (χ0) is 12.1. The lowest BCUT2D eigenvalue weighted by Crippen LogP contribution is -2.26. The van der Waals surface area contributed by atoms with E-state index in [-0.39, 0.29) is 18.4 Å². The summed E-state index contributed by atoms with van der Waals surface area (Å²) in [5.74, 6) is -0.480. The zero-order valence-electron chi connectivity index (χ0n) is 9.36. The first-order chi connectivity index (χ1) is 7.56. The Morgan fingerprint density at radius 1 is 1.31 bits per heavy atom. The van der Waals surface area contributed by atoms with E-state index in [2.05, 4.69) is 5.32 Å². The monoisotopic (exact) mass is 221 g/mol. The number of hydrogen-bond donors (Lipinski definition) is 2. The lowest BCUT2D eigenvalue weighted by atomic mass is 10.1. The van der Waals surface area contributed by atoms with Gasteiger partial charge in [-0.05, 0) is 12.1 Å². The Hall–Kier alpha value is -1.88. The summed E-state index contributed by atoms with van der Waals surface area (Å²) in [4.78, 5) is 24.4. The van der Waals surface area contributed by atoms with Gasteiger partial charge in [0.15, 0.2) is 0 Å². The molecule has 2 amide bonds. The van der Waals surface area contributed by atoms with E-state index in [0.717, 1.165) is 0 Å². The van der Waals surface area contributed by atoms with Crippen molar-refractivity contribution >= 4 is 17.5 Å². The summed E-state index contributed by atoms with van der Waals surface area (Å²) in [6, 6.07) is 6.83. The number of benzene rings is 1. The first-order valence-electron chi connectivity index (χ1n) is 4.87. The van der Waals surface area contributed by atoms with E-state index in [1.54, 1.807) is 38.4 Å². The number of para-hydroxylation sites is 1. The number of carbonyl (C=O) groups is 2.